The molecule has 0 saturated heterocycles. The van der Waals surface area contributed by atoms with Crippen LogP contribution in [0.5, 0.6) is 5.75 Å². The van der Waals surface area contributed by atoms with Crippen molar-refractivity contribution in [1.29, 1.82) is 0 Å². The first-order valence-electron chi connectivity index (χ1n) is 3.42. The lowest BCUT2D eigenvalue weighted by molar-refractivity contribution is 0.404. The van der Waals surface area contributed by atoms with Gasteiger partial charge in [-0.3, -0.25) is 4.21 Å². The van der Waals surface area contributed by atoms with E-state index >= 15 is 0 Å². The van der Waals surface area contributed by atoms with Gasteiger partial charge in [-0.2, -0.15) is 0 Å². The third-order valence-corrected chi connectivity index (χ3v) is 2.45. The van der Waals surface area contributed by atoms with Gasteiger partial charge in [0, 0.05) is 18.0 Å². The van der Waals surface area contributed by atoms with Gasteiger partial charge in [-0.05, 0) is 12.1 Å². The normalized spacial score (nSPS) is 12.5. The number of nitrogen functional groups attached to an aromatic ring is 1. The molecule has 0 radical (unpaired) electrons. The fourth-order valence-electron chi connectivity index (χ4n) is 0.922. The molecule has 1 rings (SSSR count). The lowest BCUT2D eigenvalue weighted by Crippen LogP contribution is -1.95. The molecular weight excluding hydrogens is 174 g/mol. The maximum absolute atomic E-state index is 11.1. The Morgan fingerprint density at radius 3 is 2.67 bits per heavy atom. The molecule has 0 fully saturated rings. The van der Waals surface area contributed by atoms with Gasteiger partial charge in [0.1, 0.15) is 5.75 Å². The van der Waals surface area contributed by atoms with Crippen molar-refractivity contribution in [3.05, 3.63) is 18.2 Å². The summed E-state index contributed by atoms with van der Waals surface area (Å²) in [5.41, 5.74) is 6.14. The Balaban J connectivity index is 3.20. The number of hydrogen-bond acceptors (Lipinski definition) is 3. The van der Waals surface area contributed by atoms with Crippen LogP contribution in [0.2, 0.25) is 0 Å². The molecule has 1 aromatic carbocycles. The highest BCUT2D eigenvalue weighted by molar-refractivity contribution is 7.84. The predicted molar refractivity (Wildman–Crippen MR) is 49.7 cm³/mol. The molecule has 0 bridgehead atoms. The molecule has 1 aromatic rings. The largest absolute Gasteiger partial charge is 0.495 e. The van der Waals surface area contributed by atoms with Gasteiger partial charge < -0.3 is 10.5 Å². The summed E-state index contributed by atoms with van der Waals surface area (Å²) in [6.45, 7) is 0. The number of rotatable bonds is 2. The third-order valence-electron chi connectivity index (χ3n) is 1.50. The van der Waals surface area contributed by atoms with Crippen LogP contribution in [0.1, 0.15) is 0 Å². The van der Waals surface area contributed by atoms with Gasteiger partial charge in [0.25, 0.3) is 0 Å². The average Bonchev–Trinajstić information content (AvgIpc) is 2.03. The van der Waals surface area contributed by atoms with E-state index in [-0.39, 0.29) is 0 Å². The molecule has 1 unspecified atom stereocenters. The number of methoxy groups -OCH3 is 1. The maximum atomic E-state index is 11.1. The summed E-state index contributed by atoms with van der Waals surface area (Å²) in [6, 6.07) is 5.08. The van der Waals surface area contributed by atoms with Crippen molar-refractivity contribution in [2.45, 2.75) is 4.90 Å². The van der Waals surface area contributed by atoms with Crippen LogP contribution in [0, 0.1) is 0 Å². The van der Waals surface area contributed by atoms with Crippen molar-refractivity contribution in [2.24, 2.45) is 0 Å². The van der Waals surface area contributed by atoms with Crippen LogP contribution in [-0.4, -0.2) is 17.6 Å². The zero-order valence-corrected chi connectivity index (χ0v) is 7.85. The van der Waals surface area contributed by atoms with E-state index in [0.717, 1.165) is 0 Å². The maximum Gasteiger partial charge on any atom is 0.137 e. The second-order valence-electron chi connectivity index (χ2n) is 2.36. The predicted octanol–water partition coefficient (Wildman–Crippen LogP) is 1.01. The molecule has 12 heavy (non-hydrogen) atoms. The van der Waals surface area contributed by atoms with Crippen LogP contribution >= 0.6 is 0 Å². The Bertz CT molecular complexity index is 312. The van der Waals surface area contributed by atoms with E-state index in [2.05, 4.69) is 0 Å². The van der Waals surface area contributed by atoms with E-state index in [1.165, 1.54) is 7.11 Å². The van der Waals surface area contributed by atoms with E-state index in [0.29, 0.717) is 16.3 Å². The molecule has 66 valence electrons. The zero-order chi connectivity index (χ0) is 9.14. The zero-order valence-electron chi connectivity index (χ0n) is 7.03. The monoisotopic (exact) mass is 185 g/mol. The number of ether oxygens (including phenoxy) is 1. The molecule has 0 amide bonds. The van der Waals surface area contributed by atoms with Crippen molar-refractivity contribution < 1.29 is 8.95 Å². The summed E-state index contributed by atoms with van der Waals surface area (Å²) in [5, 5.41) is 0. The molecule has 0 saturated carbocycles. The number of hydrogen-bond donors (Lipinski definition) is 1. The molecule has 0 aliphatic carbocycles. The summed E-state index contributed by atoms with van der Waals surface area (Å²) in [6.07, 6.45) is 1.61. The van der Waals surface area contributed by atoms with Gasteiger partial charge >= 0.3 is 0 Å². The fourth-order valence-corrected chi connectivity index (χ4v) is 1.61. The molecule has 1 atom stereocenters. The van der Waals surface area contributed by atoms with Crippen LogP contribution in [-0.2, 0) is 10.8 Å². The molecule has 0 heterocycles. The first kappa shape index (κ1) is 9.06. The minimum absolute atomic E-state index is 0.579. The molecule has 0 aliphatic heterocycles. The number of anilines is 1. The average molecular weight is 185 g/mol. The van der Waals surface area contributed by atoms with E-state index in [9.17, 15) is 4.21 Å². The Morgan fingerprint density at radius 1 is 1.50 bits per heavy atom. The molecule has 3 nitrogen and oxygen atoms in total. The van der Waals surface area contributed by atoms with Crippen molar-refractivity contribution >= 4 is 16.5 Å². The summed E-state index contributed by atoms with van der Waals surface area (Å²) in [7, 11) is 0.504. The van der Waals surface area contributed by atoms with Crippen LogP contribution < -0.4 is 10.5 Å². The second kappa shape index (κ2) is 3.58. The van der Waals surface area contributed by atoms with Crippen LogP contribution in [0.15, 0.2) is 23.1 Å². The molecule has 4 heteroatoms. The van der Waals surface area contributed by atoms with Gasteiger partial charge in [-0.25, -0.2) is 0 Å². The molecule has 0 spiro atoms. The first-order chi connectivity index (χ1) is 5.65. The van der Waals surface area contributed by atoms with E-state index < -0.39 is 10.8 Å². The van der Waals surface area contributed by atoms with Crippen LogP contribution in [0.25, 0.3) is 0 Å². The Morgan fingerprint density at radius 2 is 2.17 bits per heavy atom. The highest BCUT2D eigenvalue weighted by atomic mass is 32.2. The summed E-state index contributed by atoms with van der Waals surface area (Å²) >= 11 is 0. The third kappa shape index (κ3) is 1.76. The number of benzene rings is 1. The highest BCUT2D eigenvalue weighted by Crippen LogP contribution is 2.23. The standard InChI is InChI=1S/C8H11NO2S/c1-11-7-5-6(9)3-4-8(7)12(2)10/h3-5H,9H2,1-2H3. The lowest BCUT2D eigenvalue weighted by Gasteiger charge is -2.05. The minimum atomic E-state index is -1.03. The SMILES string of the molecule is COc1cc(N)ccc1S(C)=O. The van der Waals surface area contributed by atoms with Crippen LogP contribution in [0.4, 0.5) is 5.69 Å². The van der Waals surface area contributed by atoms with Gasteiger partial charge in [-0.15, -0.1) is 0 Å². The smallest absolute Gasteiger partial charge is 0.137 e. The van der Waals surface area contributed by atoms with E-state index in [4.69, 9.17) is 10.5 Å². The van der Waals surface area contributed by atoms with Crippen molar-refractivity contribution in [3.63, 3.8) is 0 Å². The van der Waals surface area contributed by atoms with Gasteiger partial charge in [0.05, 0.1) is 22.8 Å². The lowest BCUT2D eigenvalue weighted by atomic mass is 10.3. The van der Waals surface area contributed by atoms with Gasteiger partial charge in [0.15, 0.2) is 0 Å². The summed E-state index contributed by atoms with van der Waals surface area (Å²) in [5.74, 6) is 0.579. The van der Waals surface area contributed by atoms with Crippen molar-refractivity contribution in [1.82, 2.24) is 0 Å². The second-order valence-corrected chi connectivity index (χ2v) is 3.71. The topological polar surface area (TPSA) is 52.3 Å². The minimum Gasteiger partial charge on any atom is -0.495 e. The van der Waals surface area contributed by atoms with Crippen molar-refractivity contribution in [3.8, 4) is 5.75 Å². The summed E-state index contributed by atoms with van der Waals surface area (Å²) in [4.78, 5) is 0.673. The Kier molecular flexibility index (Phi) is 2.70. The Hall–Kier alpha value is -1.03. The molecule has 2 N–H and O–H groups in total. The van der Waals surface area contributed by atoms with Crippen LogP contribution in [0.3, 0.4) is 0 Å². The number of nitrogens with two attached hydrogens (primary N) is 1. The Labute approximate surface area is 74.0 Å². The van der Waals surface area contributed by atoms with Crippen molar-refractivity contribution in [2.75, 3.05) is 19.1 Å². The van der Waals surface area contributed by atoms with E-state index in [1.54, 1.807) is 24.5 Å². The molecule has 0 aliphatic rings. The van der Waals surface area contributed by atoms with E-state index in [1.807, 2.05) is 0 Å². The highest BCUT2D eigenvalue weighted by Gasteiger charge is 2.05. The van der Waals surface area contributed by atoms with Gasteiger partial charge in [0.2, 0.25) is 0 Å². The first-order valence-corrected chi connectivity index (χ1v) is 4.98. The summed E-state index contributed by atoms with van der Waals surface area (Å²) < 4.78 is 16.1. The molecule has 0 aromatic heterocycles. The molecular formula is C8H11NO2S. The van der Waals surface area contributed by atoms with Gasteiger partial charge in [-0.1, -0.05) is 0 Å². The fraction of sp³-hybridized carbons (Fsp3) is 0.250. The quantitative estimate of drug-likeness (QED) is 0.700.